The van der Waals surface area contributed by atoms with Gasteiger partial charge in [-0.15, -0.1) is 6.58 Å². The first-order valence-electron chi connectivity index (χ1n) is 10.2. The maximum atomic E-state index is 12.5. The largest absolute Gasteiger partial charge is 0.371 e. The number of hydrogen-bond donors (Lipinski definition) is 2. The van der Waals surface area contributed by atoms with Gasteiger partial charge in [-0.3, -0.25) is 9.59 Å². The van der Waals surface area contributed by atoms with Gasteiger partial charge in [-0.05, 0) is 37.8 Å². The Balaban J connectivity index is 1.55. The summed E-state index contributed by atoms with van der Waals surface area (Å²) in [5, 5.41) is 6.13. The van der Waals surface area contributed by atoms with Gasteiger partial charge >= 0.3 is 0 Å². The molecule has 1 saturated carbocycles. The van der Waals surface area contributed by atoms with Gasteiger partial charge in [0.25, 0.3) is 5.91 Å². The van der Waals surface area contributed by atoms with E-state index in [9.17, 15) is 9.59 Å². The molecule has 1 saturated heterocycles. The van der Waals surface area contributed by atoms with E-state index in [1.807, 2.05) is 24.3 Å². The molecular formula is C22H31N3O2. The Labute approximate surface area is 162 Å². The highest BCUT2D eigenvalue weighted by Crippen LogP contribution is 2.26. The van der Waals surface area contributed by atoms with Crippen LogP contribution in [0.15, 0.2) is 36.9 Å². The first kappa shape index (κ1) is 19.5. The van der Waals surface area contributed by atoms with Crippen LogP contribution < -0.4 is 15.5 Å². The molecule has 1 aliphatic heterocycles. The van der Waals surface area contributed by atoms with Crippen LogP contribution in [0.4, 0.5) is 5.69 Å². The van der Waals surface area contributed by atoms with Crippen LogP contribution in [0.2, 0.25) is 0 Å². The molecule has 2 fully saturated rings. The van der Waals surface area contributed by atoms with Gasteiger partial charge in [0.2, 0.25) is 5.91 Å². The van der Waals surface area contributed by atoms with E-state index in [1.54, 1.807) is 6.08 Å². The summed E-state index contributed by atoms with van der Waals surface area (Å²) in [6.45, 7) is 5.80. The monoisotopic (exact) mass is 369 g/mol. The van der Waals surface area contributed by atoms with Gasteiger partial charge in [-0.2, -0.15) is 0 Å². The van der Waals surface area contributed by atoms with Crippen molar-refractivity contribution in [3.63, 3.8) is 0 Å². The lowest BCUT2D eigenvalue weighted by molar-refractivity contribution is -0.126. The average Bonchev–Trinajstić information content (AvgIpc) is 2.73. The molecule has 1 aromatic carbocycles. The molecule has 5 heteroatoms. The third-order valence-corrected chi connectivity index (χ3v) is 5.71. The maximum absolute atomic E-state index is 12.5. The molecule has 0 radical (unpaired) electrons. The van der Waals surface area contributed by atoms with Crippen LogP contribution in [0.1, 0.15) is 55.3 Å². The van der Waals surface area contributed by atoms with E-state index < -0.39 is 0 Å². The number of benzene rings is 1. The SMILES string of the molecule is C=CCNC(=O)c1ccccc1N1CCC(NC(=O)C2CCCCC2)CC1. The fourth-order valence-electron chi connectivity index (χ4n) is 4.15. The summed E-state index contributed by atoms with van der Waals surface area (Å²) >= 11 is 0. The number of nitrogens with one attached hydrogen (secondary N) is 2. The van der Waals surface area contributed by atoms with Crippen LogP contribution in [-0.2, 0) is 4.79 Å². The topological polar surface area (TPSA) is 61.4 Å². The summed E-state index contributed by atoms with van der Waals surface area (Å²) in [4.78, 5) is 27.1. The molecule has 1 aliphatic carbocycles. The van der Waals surface area contributed by atoms with Gasteiger partial charge in [0.1, 0.15) is 0 Å². The highest BCUT2D eigenvalue weighted by molar-refractivity contribution is 5.99. The van der Waals surface area contributed by atoms with Crippen molar-refractivity contribution >= 4 is 17.5 Å². The number of carbonyl (C=O) groups excluding carboxylic acids is 2. The minimum absolute atomic E-state index is 0.0711. The van der Waals surface area contributed by atoms with Crippen LogP contribution in [0.25, 0.3) is 0 Å². The third kappa shape index (κ3) is 5.12. The van der Waals surface area contributed by atoms with E-state index in [1.165, 1.54) is 19.3 Å². The van der Waals surface area contributed by atoms with Crippen molar-refractivity contribution in [1.82, 2.24) is 10.6 Å². The first-order chi connectivity index (χ1) is 13.2. The van der Waals surface area contributed by atoms with E-state index in [0.717, 1.165) is 44.5 Å². The molecular weight excluding hydrogens is 338 g/mol. The lowest BCUT2D eigenvalue weighted by Gasteiger charge is -2.35. The fraction of sp³-hybridized carbons (Fsp3) is 0.545. The molecule has 0 spiro atoms. The van der Waals surface area contributed by atoms with Crippen LogP contribution in [-0.4, -0.2) is 37.5 Å². The fourth-order valence-corrected chi connectivity index (χ4v) is 4.15. The number of hydrogen-bond acceptors (Lipinski definition) is 3. The average molecular weight is 370 g/mol. The molecule has 2 amide bonds. The zero-order valence-electron chi connectivity index (χ0n) is 16.1. The van der Waals surface area contributed by atoms with Crippen molar-refractivity contribution in [2.24, 2.45) is 5.92 Å². The lowest BCUT2D eigenvalue weighted by Crippen LogP contribution is -2.47. The molecule has 146 valence electrons. The Hall–Kier alpha value is -2.30. The first-order valence-corrected chi connectivity index (χ1v) is 10.2. The standard InChI is InChI=1S/C22H31N3O2/c1-2-14-23-22(27)19-10-6-7-11-20(19)25-15-12-18(13-16-25)24-21(26)17-8-4-3-5-9-17/h2,6-7,10-11,17-18H,1,3-5,8-9,12-16H2,(H,23,27)(H,24,26). The predicted octanol–water partition coefficient (Wildman–Crippen LogP) is 3.27. The van der Waals surface area contributed by atoms with Crippen molar-refractivity contribution in [3.8, 4) is 0 Å². The van der Waals surface area contributed by atoms with E-state index in [2.05, 4.69) is 22.1 Å². The van der Waals surface area contributed by atoms with Crippen molar-refractivity contribution in [2.45, 2.75) is 51.0 Å². The van der Waals surface area contributed by atoms with E-state index in [0.29, 0.717) is 12.1 Å². The zero-order valence-corrected chi connectivity index (χ0v) is 16.1. The summed E-state index contributed by atoms with van der Waals surface area (Å²) in [5.74, 6) is 0.390. The van der Waals surface area contributed by atoms with Gasteiger partial charge < -0.3 is 15.5 Å². The van der Waals surface area contributed by atoms with Gasteiger partial charge in [-0.25, -0.2) is 0 Å². The van der Waals surface area contributed by atoms with Crippen molar-refractivity contribution < 1.29 is 9.59 Å². The molecule has 0 aromatic heterocycles. The smallest absolute Gasteiger partial charge is 0.253 e. The summed E-state index contributed by atoms with van der Waals surface area (Å²) in [6.07, 6.45) is 9.23. The summed E-state index contributed by atoms with van der Waals surface area (Å²) in [6, 6.07) is 7.98. The van der Waals surface area contributed by atoms with Gasteiger partial charge in [0.05, 0.1) is 5.56 Å². The quantitative estimate of drug-likeness (QED) is 0.757. The van der Waals surface area contributed by atoms with Gasteiger partial charge in [0.15, 0.2) is 0 Å². The Morgan fingerprint density at radius 3 is 2.48 bits per heavy atom. The predicted molar refractivity (Wildman–Crippen MR) is 109 cm³/mol. The Morgan fingerprint density at radius 1 is 1.07 bits per heavy atom. The molecule has 0 atom stereocenters. The minimum atomic E-state index is -0.0711. The molecule has 2 N–H and O–H groups in total. The molecule has 27 heavy (non-hydrogen) atoms. The second kappa shape index (κ2) is 9.58. The molecule has 0 unspecified atom stereocenters. The second-order valence-electron chi connectivity index (χ2n) is 7.62. The molecule has 0 bridgehead atoms. The van der Waals surface area contributed by atoms with Crippen molar-refractivity contribution in [2.75, 3.05) is 24.5 Å². The normalized spacial score (nSPS) is 18.7. The summed E-state index contributed by atoms with van der Waals surface area (Å²) < 4.78 is 0. The van der Waals surface area contributed by atoms with E-state index in [4.69, 9.17) is 0 Å². The zero-order chi connectivity index (χ0) is 19.1. The van der Waals surface area contributed by atoms with Crippen molar-refractivity contribution in [1.29, 1.82) is 0 Å². The molecule has 1 heterocycles. The molecule has 2 aliphatic rings. The van der Waals surface area contributed by atoms with Crippen molar-refractivity contribution in [3.05, 3.63) is 42.5 Å². The Kier molecular flexibility index (Phi) is 6.91. The lowest BCUT2D eigenvalue weighted by atomic mass is 9.88. The minimum Gasteiger partial charge on any atom is -0.371 e. The number of amides is 2. The van der Waals surface area contributed by atoms with Gasteiger partial charge in [-0.1, -0.05) is 37.5 Å². The van der Waals surface area contributed by atoms with Crippen LogP contribution >= 0.6 is 0 Å². The number of rotatable bonds is 6. The second-order valence-corrected chi connectivity index (χ2v) is 7.62. The van der Waals surface area contributed by atoms with Crippen LogP contribution in [0.5, 0.6) is 0 Å². The Bertz CT molecular complexity index is 659. The molecule has 3 rings (SSSR count). The number of nitrogens with zero attached hydrogens (tertiary/aromatic N) is 1. The van der Waals surface area contributed by atoms with Crippen LogP contribution in [0, 0.1) is 5.92 Å². The number of anilines is 1. The molecule has 5 nitrogen and oxygen atoms in total. The highest BCUT2D eigenvalue weighted by Gasteiger charge is 2.27. The van der Waals surface area contributed by atoms with Crippen LogP contribution in [0.3, 0.4) is 0 Å². The number of piperidine rings is 1. The Morgan fingerprint density at radius 2 is 1.78 bits per heavy atom. The van der Waals surface area contributed by atoms with Gasteiger partial charge in [0, 0.05) is 37.3 Å². The summed E-state index contributed by atoms with van der Waals surface area (Å²) in [5.41, 5.74) is 1.67. The van der Waals surface area contributed by atoms with E-state index >= 15 is 0 Å². The number of para-hydroxylation sites is 1. The third-order valence-electron chi connectivity index (χ3n) is 5.71. The van der Waals surface area contributed by atoms with E-state index in [-0.39, 0.29) is 23.8 Å². The highest BCUT2D eigenvalue weighted by atomic mass is 16.2. The summed E-state index contributed by atoms with van der Waals surface area (Å²) in [7, 11) is 0. The maximum Gasteiger partial charge on any atom is 0.253 e. The molecule has 1 aromatic rings. The number of carbonyl (C=O) groups is 2.